The highest BCUT2D eigenvalue weighted by Crippen LogP contribution is 2.25. The zero-order valence-corrected chi connectivity index (χ0v) is 9.18. The van der Waals surface area contributed by atoms with Crippen LogP contribution in [0.5, 0.6) is 0 Å². The number of aromatic nitrogens is 3. The second-order valence-corrected chi connectivity index (χ2v) is 4.13. The fraction of sp³-hybridized carbons (Fsp3) is 0.100. The molecule has 0 atom stereocenters. The highest BCUT2D eigenvalue weighted by atomic mass is 32.2. The van der Waals surface area contributed by atoms with Gasteiger partial charge in [-0.1, -0.05) is 0 Å². The Morgan fingerprint density at radius 1 is 1.44 bits per heavy atom. The van der Waals surface area contributed by atoms with E-state index in [1.807, 2.05) is 6.07 Å². The molecule has 0 amide bonds. The van der Waals surface area contributed by atoms with Gasteiger partial charge in [-0.3, -0.25) is 5.10 Å². The van der Waals surface area contributed by atoms with E-state index >= 15 is 0 Å². The van der Waals surface area contributed by atoms with Crippen molar-refractivity contribution in [2.75, 3.05) is 0 Å². The smallest absolute Gasteiger partial charge is 0.213 e. The quantitative estimate of drug-likeness (QED) is 0.865. The maximum atomic E-state index is 13.1. The fourth-order valence-electron chi connectivity index (χ4n) is 1.16. The summed E-state index contributed by atoms with van der Waals surface area (Å²) in [4.78, 5) is 4.69. The van der Waals surface area contributed by atoms with Gasteiger partial charge in [0.2, 0.25) is 5.16 Å². The average Bonchev–Trinajstić information content (AvgIpc) is 2.63. The van der Waals surface area contributed by atoms with E-state index in [0.717, 1.165) is 0 Å². The SMILES string of the molecule is Cc1nc(Sc2cc(F)cc(C#N)c2)n[nH]1. The van der Waals surface area contributed by atoms with Crippen LogP contribution in [0, 0.1) is 24.1 Å². The van der Waals surface area contributed by atoms with Crippen LogP contribution in [0.2, 0.25) is 0 Å². The Balaban J connectivity index is 2.28. The number of hydrogen-bond donors (Lipinski definition) is 1. The van der Waals surface area contributed by atoms with Crippen LogP contribution in [-0.2, 0) is 0 Å². The van der Waals surface area contributed by atoms with Crippen LogP contribution in [0.3, 0.4) is 0 Å². The Hall–Kier alpha value is -1.87. The summed E-state index contributed by atoms with van der Waals surface area (Å²) in [6.45, 7) is 1.78. The van der Waals surface area contributed by atoms with Gasteiger partial charge in [-0.25, -0.2) is 9.37 Å². The summed E-state index contributed by atoms with van der Waals surface area (Å²) in [5.74, 6) is 0.258. The van der Waals surface area contributed by atoms with Gasteiger partial charge in [0.25, 0.3) is 0 Å². The number of hydrogen-bond acceptors (Lipinski definition) is 4. The Kier molecular flexibility index (Phi) is 2.88. The number of benzene rings is 1. The lowest BCUT2D eigenvalue weighted by Crippen LogP contribution is -1.83. The van der Waals surface area contributed by atoms with Gasteiger partial charge >= 0.3 is 0 Å². The molecule has 0 saturated carbocycles. The van der Waals surface area contributed by atoms with Gasteiger partial charge in [-0.2, -0.15) is 5.26 Å². The Labute approximate surface area is 95.5 Å². The standard InChI is InChI=1S/C10H7FN4S/c1-6-13-10(15-14-6)16-9-3-7(5-12)2-8(11)4-9/h2-4H,1H3,(H,13,14,15). The molecule has 0 spiro atoms. The largest absolute Gasteiger partial charge is 0.262 e. The van der Waals surface area contributed by atoms with Crippen molar-refractivity contribution in [3.05, 3.63) is 35.4 Å². The number of nitrogens with zero attached hydrogens (tertiary/aromatic N) is 3. The van der Waals surface area contributed by atoms with Crippen LogP contribution >= 0.6 is 11.8 Å². The third kappa shape index (κ3) is 2.38. The minimum atomic E-state index is -0.436. The molecule has 0 aliphatic carbocycles. The van der Waals surface area contributed by atoms with Gasteiger partial charge in [0.1, 0.15) is 11.6 Å². The van der Waals surface area contributed by atoms with E-state index in [9.17, 15) is 4.39 Å². The molecule has 1 N–H and O–H groups in total. The van der Waals surface area contributed by atoms with Crippen molar-refractivity contribution in [3.63, 3.8) is 0 Å². The molecule has 6 heteroatoms. The molecule has 0 aliphatic rings. The lowest BCUT2D eigenvalue weighted by Gasteiger charge is -1.98. The number of nitrogens with one attached hydrogen (secondary N) is 1. The summed E-state index contributed by atoms with van der Waals surface area (Å²) in [5, 5.41) is 15.8. The molecule has 1 aromatic heterocycles. The first-order valence-corrected chi connectivity index (χ1v) is 5.26. The summed E-state index contributed by atoms with van der Waals surface area (Å²) >= 11 is 1.21. The highest BCUT2D eigenvalue weighted by molar-refractivity contribution is 7.99. The lowest BCUT2D eigenvalue weighted by molar-refractivity contribution is 0.623. The van der Waals surface area contributed by atoms with Crippen molar-refractivity contribution >= 4 is 11.8 Å². The number of rotatable bonds is 2. The van der Waals surface area contributed by atoms with Crippen molar-refractivity contribution in [2.24, 2.45) is 0 Å². The maximum absolute atomic E-state index is 13.1. The molecule has 1 heterocycles. The molecule has 2 rings (SSSR count). The monoisotopic (exact) mass is 234 g/mol. The second-order valence-electron chi connectivity index (χ2n) is 3.09. The van der Waals surface area contributed by atoms with Gasteiger partial charge < -0.3 is 0 Å². The Morgan fingerprint density at radius 3 is 2.88 bits per heavy atom. The third-order valence-electron chi connectivity index (χ3n) is 1.79. The Bertz CT molecular complexity index is 558. The number of aryl methyl sites for hydroxylation is 1. The molecule has 16 heavy (non-hydrogen) atoms. The zero-order chi connectivity index (χ0) is 11.5. The van der Waals surface area contributed by atoms with Gasteiger partial charge in [0.15, 0.2) is 0 Å². The van der Waals surface area contributed by atoms with E-state index in [1.54, 1.807) is 13.0 Å². The lowest BCUT2D eigenvalue weighted by atomic mass is 10.2. The number of H-pyrrole nitrogens is 1. The van der Waals surface area contributed by atoms with E-state index in [2.05, 4.69) is 15.2 Å². The molecule has 80 valence electrons. The van der Waals surface area contributed by atoms with Gasteiger partial charge in [0.05, 0.1) is 11.6 Å². The third-order valence-corrected chi connectivity index (χ3v) is 2.62. The van der Waals surface area contributed by atoms with E-state index in [4.69, 9.17) is 5.26 Å². The second kappa shape index (κ2) is 4.33. The molecular weight excluding hydrogens is 227 g/mol. The van der Waals surface area contributed by atoms with E-state index in [-0.39, 0.29) is 5.56 Å². The number of halogens is 1. The van der Waals surface area contributed by atoms with Gasteiger partial charge in [-0.15, -0.1) is 5.10 Å². The topological polar surface area (TPSA) is 65.4 Å². The molecule has 0 unspecified atom stereocenters. The van der Waals surface area contributed by atoms with Crippen molar-refractivity contribution in [1.29, 1.82) is 5.26 Å². The summed E-state index contributed by atoms with van der Waals surface area (Å²) in [6.07, 6.45) is 0. The van der Waals surface area contributed by atoms with Crippen molar-refractivity contribution in [1.82, 2.24) is 15.2 Å². The zero-order valence-electron chi connectivity index (χ0n) is 8.36. The molecule has 0 radical (unpaired) electrons. The molecular formula is C10H7FN4S. The van der Waals surface area contributed by atoms with E-state index in [0.29, 0.717) is 15.9 Å². The first-order chi connectivity index (χ1) is 7.67. The summed E-state index contributed by atoms with van der Waals surface area (Å²) in [6, 6.07) is 6.03. The van der Waals surface area contributed by atoms with Crippen molar-refractivity contribution < 1.29 is 4.39 Å². The molecule has 0 bridgehead atoms. The first kappa shape index (κ1) is 10.6. The minimum Gasteiger partial charge on any atom is -0.262 e. The van der Waals surface area contributed by atoms with Crippen LogP contribution in [-0.4, -0.2) is 15.2 Å². The van der Waals surface area contributed by atoms with E-state index < -0.39 is 5.82 Å². The minimum absolute atomic E-state index is 0.287. The Morgan fingerprint density at radius 2 is 2.25 bits per heavy atom. The summed E-state index contributed by atoms with van der Waals surface area (Å²) in [7, 11) is 0. The number of nitriles is 1. The molecule has 1 aromatic carbocycles. The van der Waals surface area contributed by atoms with E-state index in [1.165, 1.54) is 23.9 Å². The van der Waals surface area contributed by atoms with Gasteiger partial charge in [-0.05, 0) is 36.9 Å². The number of aromatic amines is 1. The molecule has 2 aromatic rings. The highest BCUT2D eigenvalue weighted by Gasteiger charge is 2.05. The first-order valence-electron chi connectivity index (χ1n) is 4.45. The molecule has 0 fully saturated rings. The maximum Gasteiger partial charge on any atom is 0.213 e. The van der Waals surface area contributed by atoms with Crippen LogP contribution in [0.4, 0.5) is 4.39 Å². The predicted molar refractivity (Wildman–Crippen MR) is 56.4 cm³/mol. The predicted octanol–water partition coefficient (Wildman–Crippen LogP) is 2.28. The van der Waals surface area contributed by atoms with Crippen molar-refractivity contribution in [3.8, 4) is 6.07 Å². The average molecular weight is 234 g/mol. The van der Waals surface area contributed by atoms with Crippen LogP contribution in [0.1, 0.15) is 11.4 Å². The van der Waals surface area contributed by atoms with Crippen molar-refractivity contribution in [2.45, 2.75) is 17.0 Å². The summed E-state index contributed by atoms with van der Waals surface area (Å²) < 4.78 is 13.1. The van der Waals surface area contributed by atoms with Crippen LogP contribution in [0.15, 0.2) is 28.3 Å². The van der Waals surface area contributed by atoms with Crippen LogP contribution in [0.25, 0.3) is 0 Å². The fourth-order valence-corrected chi connectivity index (χ4v) is 2.00. The summed E-state index contributed by atoms with van der Waals surface area (Å²) in [5.41, 5.74) is 0.287. The molecule has 4 nitrogen and oxygen atoms in total. The van der Waals surface area contributed by atoms with Gasteiger partial charge in [0, 0.05) is 4.90 Å². The molecule has 0 saturated heterocycles. The molecule has 0 aliphatic heterocycles. The van der Waals surface area contributed by atoms with Crippen LogP contribution < -0.4 is 0 Å². The normalized spacial score (nSPS) is 10.1.